The fraction of sp³-hybridized carbons (Fsp3) is 0.235. The normalized spacial score (nSPS) is 10.7. The fourth-order valence-electron chi connectivity index (χ4n) is 2.01. The number of hydrogen-bond donors (Lipinski definition) is 1. The molecule has 0 radical (unpaired) electrons. The average molecular weight is 277 g/mol. The first-order valence-corrected chi connectivity index (χ1v) is 6.52. The first kappa shape index (κ1) is 14.6. The third-order valence-corrected chi connectivity index (χ3v) is 3.25. The van der Waals surface area contributed by atoms with Gasteiger partial charge in [0, 0.05) is 11.1 Å². The molecule has 0 atom stereocenters. The number of nitriles is 1. The maximum absolute atomic E-state index is 12.1. The predicted octanol–water partition coefficient (Wildman–Crippen LogP) is 3.76. The minimum absolute atomic E-state index is 0.0766. The van der Waals surface area contributed by atoms with E-state index in [2.05, 4.69) is 15.9 Å². The summed E-state index contributed by atoms with van der Waals surface area (Å²) in [6.07, 6.45) is 0. The molecule has 1 aromatic heterocycles. The summed E-state index contributed by atoms with van der Waals surface area (Å²) in [7, 11) is 0. The van der Waals surface area contributed by atoms with Crippen LogP contribution in [-0.4, -0.2) is 4.98 Å². The number of aromatic amines is 1. The Morgan fingerprint density at radius 2 is 1.86 bits per heavy atom. The quantitative estimate of drug-likeness (QED) is 0.807. The van der Waals surface area contributed by atoms with E-state index in [0.717, 1.165) is 11.3 Å². The van der Waals surface area contributed by atoms with Gasteiger partial charge in [0.25, 0.3) is 11.2 Å². The van der Waals surface area contributed by atoms with Crippen LogP contribution in [0.1, 0.15) is 32.0 Å². The van der Waals surface area contributed by atoms with Crippen LogP contribution >= 0.6 is 0 Å². The van der Waals surface area contributed by atoms with E-state index in [1.54, 1.807) is 24.3 Å². The number of nitrogens with one attached hydrogen (secondary N) is 1. The zero-order valence-corrected chi connectivity index (χ0v) is 12.2. The van der Waals surface area contributed by atoms with Gasteiger partial charge in [0.2, 0.25) is 0 Å². The van der Waals surface area contributed by atoms with E-state index in [9.17, 15) is 4.79 Å². The van der Waals surface area contributed by atoms with Gasteiger partial charge in [0.05, 0.1) is 18.2 Å². The van der Waals surface area contributed by atoms with Crippen LogP contribution in [0.25, 0.3) is 16.0 Å². The van der Waals surface area contributed by atoms with E-state index in [1.165, 1.54) is 0 Å². The molecule has 0 saturated carbocycles. The number of nitrogens with zero attached hydrogens (tertiary/aromatic N) is 2. The van der Waals surface area contributed by atoms with Gasteiger partial charge in [-0.25, -0.2) is 4.85 Å². The third-order valence-electron chi connectivity index (χ3n) is 3.25. The molecule has 1 heterocycles. The van der Waals surface area contributed by atoms with Crippen molar-refractivity contribution >= 4 is 5.69 Å². The monoisotopic (exact) mass is 277 g/mol. The van der Waals surface area contributed by atoms with Crippen LogP contribution in [0.15, 0.2) is 35.1 Å². The smallest absolute Gasteiger partial charge is 0.258 e. The summed E-state index contributed by atoms with van der Waals surface area (Å²) in [6, 6.07) is 10.8. The lowest BCUT2D eigenvalue weighted by atomic mass is 9.89. The highest BCUT2D eigenvalue weighted by Crippen LogP contribution is 2.31. The van der Waals surface area contributed by atoms with Gasteiger partial charge < -0.3 is 4.98 Å². The molecule has 104 valence electrons. The Bertz CT molecular complexity index is 810. The summed E-state index contributed by atoms with van der Waals surface area (Å²) >= 11 is 0. The molecule has 4 nitrogen and oxygen atoms in total. The highest BCUT2D eigenvalue weighted by Gasteiger charge is 2.19. The van der Waals surface area contributed by atoms with E-state index in [0.29, 0.717) is 11.1 Å². The molecule has 2 rings (SSSR count). The van der Waals surface area contributed by atoms with Gasteiger partial charge in [-0.15, -0.1) is 0 Å². The lowest BCUT2D eigenvalue weighted by Crippen LogP contribution is -2.19. The summed E-state index contributed by atoms with van der Waals surface area (Å²) in [5.41, 5.74) is 2.16. The van der Waals surface area contributed by atoms with Gasteiger partial charge in [-0.2, -0.15) is 5.26 Å². The number of H-pyrrole nitrogens is 1. The van der Waals surface area contributed by atoms with E-state index >= 15 is 0 Å². The van der Waals surface area contributed by atoms with Crippen LogP contribution in [0.4, 0.5) is 5.69 Å². The number of pyridine rings is 1. The molecule has 0 amide bonds. The molecule has 1 N–H and O–H groups in total. The molecule has 0 aliphatic carbocycles. The average Bonchev–Trinajstić information content (AvgIpc) is 2.45. The lowest BCUT2D eigenvalue weighted by Gasteiger charge is -2.20. The Morgan fingerprint density at radius 3 is 2.33 bits per heavy atom. The Morgan fingerprint density at radius 1 is 1.24 bits per heavy atom. The molecule has 21 heavy (non-hydrogen) atoms. The molecule has 0 fully saturated rings. The molecule has 4 heteroatoms. The first-order chi connectivity index (χ1) is 9.86. The van der Waals surface area contributed by atoms with Crippen molar-refractivity contribution in [3.05, 3.63) is 63.4 Å². The van der Waals surface area contributed by atoms with Crippen molar-refractivity contribution in [1.82, 2.24) is 4.98 Å². The van der Waals surface area contributed by atoms with Gasteiger partial charge in [0.15, 0.2) is 0 Å². The van der Waals surface area contributed by atoms with Crippen molar-refractivity contribution in [3.63, 3.8) is 0 Å². The molecule has 0 aliphatic heterocycles. The van der Waals surface area contributed by atoms with Gasteiger partial charge in [-0.3, -0.25) is 4.79 Å². The lowest BCUT2D eigenvalue weighted by molar-refractivity contribution is 0.567. The highest BCUT2D eigenvalue weighted by molar-refractivity contribution is 5.78. The van der Waals surface area contributed by atoms with Crippen LogP contribution < -0.4 is 5.56 Å². The van der Waals surface area contributed by atoms with Gasteiger partial charge in [-0.1, -0.05) is 32.9 Å². The number of aromatic nitrogens is 1. The summed E-state index contributed by atoms with van der Waals surface area (Å²) < 4.78 is 0. The largest absolute Gasteiger partial charge is 0.335 e. The third kappa shape index (κ3) is 2.85. The van der Waals surface area contributed by atoms with Crippen LogP contribution in [-0.2, 0) is 5.41 Å². The second kappa shape index (κ2) is 5.26. The number of rotatable bonds is 1. The molecule has 0 saturated heterocycles. The SMILES string of the molecule is [C-]#[N+]c1c(-c2ccc(C#N)cc2)cc(C(C)(C)C)[nH]c1=O. The first-order valence-electron chi connectivity index (χ1n) is 6.52. The molecule has 2 aromatic rings. The molecule has 0 unspecified atom stereocenters. The maximum Gasteiger partial charge on any atom is 0.258 e. The zero-order chi connectivity index (χ0) is 15.6. The van der Waals surface area contributed by atoms with E-state index < -0.39 is 0 Å². The Kier molecular flexibility index (Phi) is 3.65. The van der Waals surface area contributed by atoms with Crippen molar-refractivity contribution in [3.8, 4) is 17.2 Å². The molecule has 0 spiro atoms. The van der Waals surface area contributed by atoms with Crippen LogP contribution in [0.2, 0.25) is 0 Å². The Hall–Kier alpha value is -2.85. The summed E-state index contributed by atoms with van der Waals surface area (Å²) in [5.74, 6) is 0. The Balaban J connectivity index is 2.72. The standard InChI is InChI=1S/C17H15N3O/c1-17(2,3)14-9-13(15(19-4)16(21)20-14)12-7-5-11(10-18)6-8-12/h5-9H,1-3H3,(H,20,21). The maximum atomic E-state index is 12.1. The van der Waals surface area contributed by atoms with E-state index in [1.807, 2.05) is 26.8 Å². The summed E-state index contributed by atoms with van der Waals surface area (Å²) in [5, 5.41) is 8.84. The zero-order valence-electron chi connectivity index (χ0n) is 12.2. The summed E-state index contributed by atoms with van der Waals surface area (Å²) in [6.45, 7) is 13.2. The van der Waals surface area contributed by atoms with Crippen molar-refractivity contribution in [2.45, 2.75) is 26.2 Å². The van der Waals surface area contributed by atoms with E-state index in [4.69, 9.17) is 11.8 Å². The molecule has 0 aliphatic rings. The van der Waals surface area contributed by atoms with E-state index in [-0.39, 0.29) is 16.7 Å². The van der Waals surface area contributed by atoms with Crippen molar-refractivity contribution in [2.75, 3.05) is 0 Å². The van der Waals surface area contributed by atoms with Gasteiger partial charge in [-0.05, 0) is 29.3 Å². The van der Waals surface area contributed by atoms with Crippen LogP contribution in [0.3, 0.4) is 0 Å². The molecule has 0 bridgehead atoms. The highest BCUT2D eigenvalue weighted by atomic mass is 16.1. The molecular weight excluding hydrogens is 262 g/mol. The predicted molar refractivity (Wildman–Crippen MR) is 82.2 cm³/mol. The van der Waals surface area contributed by atoms with Crippen LogP contribution in [0.5, 0.6) is 0 Å². The Labute approximate surface area is 123 Å². The van der Waals surface area contributed by atoms with Gasteiger partial charge in [0.1, 0.15) is 0 Å². The second-order valence-electron chi connectivity index (χ2n) is 5.83. The topological polar surface area (TPSA) is 61.0 Å². The molecule has 1 aromatic carbocycles. The van der Waals surface area contributed by atoms with Crippen LogP contribution in [0, 0.1) is 17.9 Å². The minimum atomic E-state index is -0.378. The summed E-state index contributed by atoms with van der Waals surface area (Å²) in [4.78, 5) is 18.2. The van der Waals surface area contributed by atoms with Crippen molar-refractivity contribution < 1.29 is 0 Å². The van der Waals surface area contributed by atoms with Crippen molar-refractivity contribution in [1.29, 1.82) is 5.26 Å². The number of benzene rings is 1. The van der Waals surface area contributed by atoms with Crippen molar-refractivity contribution in [2.24, 2.45) is 0 Å². The van der Waals surface area contributed by atoms with Gasteiger partial charge >= 0.3 is 0 Å². The fourth-order valence-corrected chi connectivity index (χ4v) is 2.01. The number of hydrogen-bond acceptors (Lipinski definition) is 2. The molecular formula is C17H15N3O. The second-order valence-corrected chi connectivity index (χ2v) is 5.83. The minimum Gasteiger partial charge on any atom is -0.335 e.